The zero-order valence-corrected chi connectivity index (χ0v) is 9.17. The molecule has 0 aliphatic carbocycles. The SMILES string of the molecule is NC(CN1CCC=CC1=O)c1ccccc1. The topological polar surface area (TPSA) is 46.3 Å². The van der Waals surface area contributed by atoms with Crippen LogP contribution in [-0.4, -0.2) is 23.9 Å². The number of hydrogen-bond donors (Lipinski definition) is 1. The van der Waals surface area contributed by atoms with Gasteiger partial charge in [-0.3, -0.25) is 4.79 Å². The van der Waals surface area contributed by atoms with Gasteiger partial charge < -0.3 is 10.6 Å². The summed E-state index contributed by atoms with van der Waals surface area (Å²) in [6.45, 7) is 1.36. The zero-order chi connectivity index (χ0) is 11.4. The molecule has 2 rings (SSSR count). The quantitative estimate of drug-likeness (QED) is 0.831. The van der Waals surface area contributed by atoms with Crippen LogP contribution in [0.1, 0.15) is 18.0 Å². The van der Waals surface area contributed by atoms with Gasteiger partial charge in [-0.2, -0.15) is 0 Å². The largest absolute Gasteiger partial charge is 0.337 e. The molecule has 0 bridgehead atoms. The van der Waals surface area contributed by atoms with Crippen LogP contribution in [0.25, 0.3) is 0 Å². The fraction of sp³-hybridized carbons (Fsp3) is 0.308. The summed E-state index contributed by atoms with van der Waals surface area (Å²) in [6, 6.07) is 9.78. The minimum atomic E-state index is -0.100. The van der Waals surface area contributed by atoms with Crippen molar-refractivity contribution in [1.29, 1.82) is 0 Å². The Hall–Kier alpha value is -1.61. The fourth-order valence-corrected chi connectivity index (χ4v) is 1.85. The number of carbonyl (C=O) groups excluding carboxylic acids is 1. The molecule has 0 spiro atoms. The number of carbonyl (C=O) groups is 1. The highest BCUT2D eigenvalue weighted by molar-refractivity contribution is 5.88. The number of nitrogens with two attached hydrogens (primary N) is 1. The molecule has 1 aromatic rings. The second kappa shape index (κ2) is 4.94. The van der Waals surface area contributed by atoms with Gasteiger partial charge in [0, 0.05) is 19.1 Å². The van der Waals surface area contributed by atoms with Crippen LogP contribution in [0.5, 0.6) is 0 Å². The molecule has 0 radical (unpaired) electrons. The molecule has 1 heterocycles. The van der Waals surface area contributed by atoms with E-state index in [1.165, 1.54) is 0 Å². The summed E-state index contributed by atoms with van der Waals surface area (Å²) in [5.74, 6) is 0.0673. The first kappa shape index (κ1) is 10.9. The van der Waals surface area contributed by atoms with Gasteiger partial charge in [-0.1, -0.05) is 36.4 Å². The Morgan fingerprint density at radius 1 is 1.31 bits per heavy atom. The summed E-state index contributed by atoms with van der Waals surface area (Å²) in [4.78, 5) is 13.3. The summed E-state index contributed by atoms with van der Waals surface area (Å²) < 4.78 is 0. The van der Waals surface area contributed by atoms with Crippen LogP contribution < -0.4 is 5.73 Å². The maximum absolute atomic E-state index is 11.5. The van der Waals surface area contributed by atoms with Gasteiger partial charge in [0.25, 0.3) is 0 Å². The van der Waals surface area contributed by atoms with Crippen molar-refractivity contribution in [2.24, 2.45) is 5.73 Å². The third-order valence-corrected chi connectivity index (χ3v) is 2.78. The van der Waals surface area contributed by atoms with Gasteiger partial charge >= 0.3 is 0 Å². The van der Waals surface area contributed by atoms with Crippen molar-refractivity contribution in [1.82, 2.24) is 4.90 Å². The smallest absolute Gasteiger partial charge is 0.246 e. The van der Waals surface area contributed by atoms with Crippen LogP contribution in [0.3, 0.4) is 0 Å². The maximum Gasteiger partial charge on any atom is 0.246 e. The van der Waals surface area contributed by atoms with Crippen molar-refractivity contribution in [3.8, 4) is 0 Å². The molecule has 1 unspecified atom stereocenters. The summed E-state index contributed by atoms with van der Waals surface area (Å²) >= 11 is 0. The first-order valence-corrected chi connectivity index (χ1v) is 5.53. The van der Waals surface area contributed by atoms with Crippen LogP contribution in [0, 0.1) is 0 Å². The first-order chi connectivity index (χ1) is 7.77. The monoisotopic (exact) mass is 216 g/mol. The van der Waals surface area contributed by atoms with E-state index in [2.05, 4.69) is 0 Å². The normalized spacial score (nSPS) is 17.6. The number of amides is 1. The Labute approximate surface area is 95.6 Å². The summed E-state index contributed by atoms with van der Waals surface area (Å²) in [6.07, 6.45) is 4.46. The van der Waals surface area contributed by atoms with Crippen molar-refractivity contribution in [2.75, 3.05) is 13.1 Å². The summed E-state index contributed by atoms with van der Waals surface area (Å²) in [7, 11) is 0. The lowest BCUT2D eigenvalue weighted by Crippen LogP contribution is -2.38. The van der Waals surface area contributed by atoms with E-state index >= 15 is 0 Å². The Balaban J connectivity index is 2.00. The van der Waals surface area contributed by atoms with E-state index in [1.807, 2.05) is 36.4 Å². The molecule has 3 nitrogen and oxygen atoms in total. The van der Waals surface area contributed by atoms with Gasteiger partial charge in [0.2, 0.25) is 5.91 Å². The molecule has 0 aromatic heterocycles. The molecule has 1 aliphatic rings. The van der Waals surface area contributed by atoms with Gasteiger partial charge in [0.1, 0.15) is 0 Å². The van der Waals surface area contributed by atoms with E-state index in [0.29, 0.717) is 6.54 Å². The molecule has 1 amide bonds. The lowest BCUT2D eigenvalue weighted by Gasteiger charge is -2.26. The Morgan fingerprint density at radius 3 is 2.75 bits per heavy atom. The first-order valence-electron chi connectivity index (χ1n) is 5.53. The van der Waals surface area contributed by atoms with Crippen LogP contribution in [0.15, 0.2) is 42.5 Å². The van der Waals surface area contributed by atoms with Crippen molar-refractivity contribution in [3.05, 3.63) is 48.0 Å². The van der Waals surface area contributed by atoms with Crippen molar-refractivity contribution in [2.45, 2.75) is 12.5 Å². The molecule has 3 heteroatoms. The van der Waals surface area contributed by atoms with Gasteiger partial charge in [0.15, 0.2) is 0 Å². The maximum atomic E-state index is 11.5. The predicted octanol–water partition coefficient (Wildman–Crippen LogP) is 1.47. The average molecular weight is 216 g/mol. The van der Waals surface area contributed by atoms with E-state index in [-0.39, 0.29) is 11.9 Å². The number of rotatable bonds is 3. The van der Waals surface area contributed by atoms with Gasteiger partial charge in [-0.05, 0) is 18.1 Å². The summed E-state index contributed by atoms with van der Waals surface area (Å²) in [5, 5.41) is 0. The minimum absolute atomic E-state index is 0.0673. The van der Waals surface area contributed by atoms with E-state index in [0.717, 1.165) is 18.5 Å². The Bertz CT molecular complexity index is 386. The van der Waals surface area contributed by atoms with E-state index < -0.39 is 0 Å². The lowest BCUT2D eigenvalue weighted by molar-refractivity contribution is -0.126. The molecule has 84 valence electrons. The number of benzene rings is 1. The zero-order valence-electron chi connectivity index (χ0n) is 9.17. The average Bonchev–Trinajstić information content (AvgIpc) is 2.33. The van der Waals surface area contributed by atoms with Crippen LogP contribution in [-0.2, 0) is 4.79 Å². The van der Waals surface area contributed by atoms with Gasteiger partial charge in [-0.25, -0.2) is 0 Å². The molecule has 0 saturated carbocycles. The Kier molecular flexibility index (Phi) is 3.37. The molecule has 0 fully saturated rings. The molecule has 1 aliphatic heterocycles. The minimum Gasteiger partial charge on any atom is -0.337 e. The highest BCUT2D eigenvalue weighted by Gasteiger charge is 2.17. The highest BCUT2D eigenvalue weighted by atomic mass is 16.2. The standard InChI is InChI=1S/C13H16N2O/c14-12(11-6-2-1-3-7-11)10-15-9-5-4-8-13(15)16/h1-4,6-8,12H,5,9-10,14H2. The molecule has 1 atom stereocenters. The molecule has 0 saturated heterocycles. The van der Waals surface area contributed by atoms with Crippen LogP contribution >= 0.6 is 0 Å². The lowest BCUT2D eigenvalue weighted by atomic mass is 10.1. The molecule has 1 aromatic carbocycles. The van der Waals surface area contributed by atoms with Gasteiger partial charge in [0.05, 0.1) is 0 Å². The number of nitrogens with zero attached hydrogens (tertiary/aromatic N) is 1. The van der Waals surface area contributed by atoms with Crippen LogP contribution in [0.2, 0.25) is 0 Å². The van der Waals surface area contributed by atoms with E-state index in [9.17, 15) is 4.79 Å². The van der Waals surface area contributed by atoms with E-state index in [1.54, 1.807) is 11.0 Å². The van der Waals surface area contributed by atoms with Crippen molar-refractivity contribution in [3.63, 3.8) is 0 Å². The Morgan fingerprint density at radius 2 is 2.06 bits per heavy atom. The highest BCUT2D eigenvalue weighted by Crippen LogP contribution is 2.13. The molecular formula is C13H16N2O. The fourth-order valence-electron chi connectivity index (χ4n) is 1.85. The molecule has 16 heavy (non-hydrogen) atoms. The van der Waals surface area contributed by atoms with Crippen LogP contribution in [0.4, 0.5) is 0 Å². The third-order valence-electron chi connectivity index (χ3n) is 2.78. The van der Waals surface area contributed by atoms with E-state index in [4.69, 9.17) is 5.73 Å². The van der Waals surface area contributed by atoms with Gasteiger partial charge in [-0.15, -0.1) is 0 Å². The molecule has 2 N–H and O–H groups in total. The van der Waals surface area contributed by atoms with Crippen molar-refractivity contribution >= 4 is 5.91 Å². The van der Waals surface area contributed by atoms with Crippen molar-refractivity contribution < 1.29 is 4.79 Å². The number of hydrogen-bond acceptors (Lipinski definition) is 2. The predicted molar refractivity (Wildman–Crippen MR) is 63.7 cm³/mol. The third kappa shape index (κ3) is 2.49. The second-order valence-corrected chi connectivity index (χ2v) is 3.99. The summed E-state index contributed by atoms with van der Waals surface area (Å²) in [5.41, 5.74) is 7.14. The molecular weight excluding hydrogens is 200 g/mol. The second-order valence-electron chi connectivity index (χ2n) is 3.99.